The smallest absolute Gasteiger partial charge is 0.329 e. The molecule has 1 saturated heterocycles. The van der Waals surface area contributed by atoms with Gasteiger partial charge in [-0.25, -0.2) is 4.98 Å². The molecule has 0 unspecified atom stereocenters. The highest BCUT2D eigenvalue weighted by Gasteiger charge is 2.20. The maximum absolute atomic E-state index is 12.9. The molecule has 7 nitrogen and oxygen atoms in total. The second-order valence-corrected chi connectivity index (χ2v) is 3.61. The van der Waals surface area contributed by atoms with Crippen LogP contribution in [0.2, 0.25) is 0 Å². The molecule has 0 aliphatic carbocycles. The molecule has 18 heavy (non-hydrogen) atoms. The van der Waals surface area contributed by atoms with Crippen molar-refractivity contribution >= 4 is 5.69 Å². The van der Waals surface area contributed by atoms with Crippen LogP contribution in [-0.4, -0.2) is 42.4 Å². The summed E-state index contributed by atoms with van der Waals surface area (Å²) >= 11 is 0. The van der Waals surface area contributed by atoms with E-state index < -0.39 is 10.9 Å². The molecule has 1 atom stereocenters. The molecule has 0 aromatic carbocycles. The lowest BCUT2D eigenvalue weighted by atomic mass is 10.3. The predicted octanol–water partition coefficient (Wildman–Crippen LogP) is 0.923. The van der Waals surface area contributed by atoms with Crippen LogP contribution in [0.15, 0.2) is 12.3 Å². The van der Waals surface area contributed by atoms with Crippen LogP contribution >= 0.6 is 0 Å². The quantitative estimate of drug-likeness (QED) is 0.453. The summed E-state index contributed by atoms with van der Waals surface area (Å²) in [6.07, 6.45) is 0.512. The highest BCUT2D eigenvalue weighted by Crippen LogP contribution is 2.26. The first-order chi connectivity index (χ1) is 8.66. The van der Waals surface area contributed by atoms with Gasteiger partial charge in [-0.2, -0.15) is 4.39 Å². The monoisotopic (exact) mass is 258 g/mol. The van der Waals surface area contributed by atoms with E-state index in [-0.39, 0.29) is 24.1 Å². The summed E-state index contributed by atoms with van der Waals surface area (Å²) < 4.78 is 28.5. The molecule has 0 spiro atoms. The summed E-state index contributed by atoms with van der Waals surface area (Å²) in [6.45, 7) is 1.37. The molecule has 1 fully saturated rings. The zero-order valence-corrected chi connectivity index (χ0v) is 9.37. The van der Waals surface area contributed by atoms with E-state index in [1.807, 2.05) is 0 Å². The zero-order chi connectivity index (χ0) is 13.0. The normalized spacial score (nSPS) is 19.5. The van der Waals surface area contributed by atoms with Crippen molar-refractivity contribution in [3.8, 4) is 5.75 Å². The maximum Gasteiger partial charge on any atom is 0.329 e. The molecule has 1 aliphatic heterocycles. The van der Waals surface area contributed by atoms with Gasteiger partial charge in [-0.05, 0) is 0 Å². The van der Waals surface area contributed by atoms with Gasteiger partial charge in [0.05, 0.1) is 24.7 Å². The Balaban J connectivity index is 2.03. The Labute approximate surface area is 102 Å². The molecule has 0 N–H and O–H groups in total. The first-order valence-electron chi connectivity index (χ1n) is 5.29. The van der Waals surface area contributed by atoms with E-state index in [1.54, 1.807) is 0 Å². The average molecular weight is 258 g/mol. The van der Waals surface area contributed by atoms with Crippen molar-refractivity contribution in [1.82, 2.24) is 4.98 Å². The molecule has 0 saturated carbocycles. The number of hydrogen-bond acceptors (Lipinski definition) is 6. The molecular weight excluding hydrogens is 247 g/mol. The van der Waals surface area contributed by atoms with Gasteiger partial charge in [0.25, 0.3) is 0 Å². The number of nitrogens with zero attached hydrogens (tertiary/aromatic N) is 2. The number of nitro groups is 1. The summed E-state index contributed by atoms with van der Waals surface area (Å²) in [5.41, 5.74) is -0.381. The zero-order valence-electron chi connectivity index (χ0n) is 9.37. The number of rotatable bonds is 4. The van der Waals surface area contributed by atoms with E-state index in [9.17, 15) is 14.5 Å². The molecule has 8 heteroatoms. The standard InChI is InChI=1S/C10H11FN2O5/c11-10-3-9(8(4-12-10)13(14)15)18-6-7-5-16-1-2-17-7/h3-4,7H,1-2,5-6H2/t7-/m0/s1. The van der Waals surface area contributed by atoms with Crippen LogP contribution in [0.3, 0.4) is 0 Å². The molecule has 2 heterocycles. The van der Waals surface area contributed by atoms with Crippen LogP contribution in [0.25, 0.3) is 0 Å². The van der Waals surface area contributed by atoms with Gasteiger partial charge < -0.3 is 14.2 Å². The summed E-state index contributed by atoms with van der Waals surface area (Å²) in [4.78, 5) is 13.2. The second kappa shape index (κ2) is 5.69. The number of aromatic nitrogens is 1. The minimum absolute atomic E-state index is 0.0598. The Bertz CT molecular complexity index is 436. The van der Waals surface area contributed by atoms with Crippen molar-refractivity contribution in [2.24, 2.45) is 0 Å². The van der Waals surface area contributed by atoms with Gasteiger partial charge >= 0.3 is 5.69 Å². The van der Waals surface area contributed by atoms with Crippen molar-refractivity contribution in [2.45, 2.75) is 6.10 Å². The van der Waals surface area contributed by atoms with E-state index in [1.165, 1.54) is 0 Å². The fourth-order valence-electron chi connectivity index (χ4n) is 1.47. The molecule has 1 aliphatic rings. The van der Waals surface area contributed by atoms with Crippen LogP contribution in [0.4, 0.5) is 10.1 Å². The highest BCUT2D eigenvalue weighted by molar-refractivity contribution is 5.43. The van der Waals surface area contributed by atoms with E-state index in [2.05, 4.69) is 4.98 Å². The van der Waals surface area contributed by atoms with Crippen molar-refractivity contribution in [1.29, 1.82) is 0 Å². The molecule has 98 valence electrons. The van der Waals surface area contributed by atoms with Crippen molar-refractivity contribution in [3.05, 3.63) is 28.3 Å². The van der Waals surface area contributed by atoms with Crippen LogP contribution in [0, 0.1) is 16.1 Å². The Kier molecular flexibility index (Phi) is 4.00. The van der Waals surface area contributed by atoms with Gasteiger partial charge in [0.15, 0.2) is 0 Å². The predicted molar refractivity (Wildman–Crippen MR) is 56.9 cm³/mol. The first kappa shape index (κ1) is 12.7. The third-order valence-corrected chi connectivity index (χ3v) is 2.32. The van der Waals surface area contributed by atoms with Gasteiger partial charge in [-0.1, -0.05) is 0 Å². The summed E-state index contributed by atoms with van der Waals surface area (Å²) in [6, 6.07) is 0.877. The topological polar surface area (TPSA) is 83.7 Å². The Morgan fingerprint density at radius 3 is 3.11 bits per heavy atom. The first-order valence-corrected chi connectivity index (χ1v) is 5.29. The maximum atomic E-state index is 12.9. The fourth-order valence-corrected chi connectivity index (χ4v) is 1.47. The van der Waals surface area contributed by atoms with Gasteiger partial charge in [0.2, 0.25) is 11.7 Å². The lowest BCUT2D eigenvalue weighted by molar-refractivity contribution is -0.386. The summed E-state index contributed by atoms with van der Waals surface area (Å²) in [7, 11) is 0. The SMILES string of the molecule is O=[N+]([O-])c1cnc(F)cc1OC[C@@H]1COCCO1. The molecule has 0 radical (unpaired) electrons. The lowest BCUT2D eigenvalue weighted by Gasteiger charge is -2.22. The number of hydrogen-bond donors (Lipinski definition) is 0. The number of ether oxygens (including phenoxy) is 3. The van der Waals surface area contributed by atoms with Crippen LogP contribution < -0.4 is 4.74 Å². The molecular formula is C10H11FN2O5. The number of halogens is 1. The van der Waals surface area contributed by atoms with Crippen LogP contribution in [0.1, 0.15) is 0 Å². The van der Waals surface area contributed by atoms with E-state index in [0.717, 1.165) is 12.3 Å². The summed E-state index contributed by atoms with van der Waals surface area (Å²) in [5, 5.41) is 10.7. The van der Waals surface area contributed by atoms with Crippen molar-refractivity contribution in [2.75, 3.05) is 26.4 Å². The van der Waals surface area contributed by atoms with E-state index in [4.69, 9.17) is 14.2 Å². The molecule has 2 rings (SSSR count). The largest absolute Gasteiger partial charge is 0.484 e. The van der Waals surface area contributed by atoms with E-state index >= 15 is 0 Å². The fraction of sp³-hybridized carbons (Fsp3) is 0.500. The van der Waals surface area contributed by atoms with Gasteiger partial charge in [0, 0.05) is 6.07 Å². The van der Waals surface area contributed by atoms with Gasteiger partial charge in [-0.15, -0.1) is 0 Å². The Hall–Kier alpha value is -1.80. The van der Waals surface area contributed by atoms with Crippen LogP contribution in [-0.2, 0) is 9.47 Å². The molecule has 0 bridgehead atoms. The molecule has 1 aromatic heterocycles. The minimum atomic E-state index is -0.837. The molecule has 1 aromatic rings. The van der Waals surface area contributed by atoms with Crippen molar-refractivity contribution < 1.29 is 23.5 Å². The summed E-state index contributed by atoms with van der Waals surface area (Å²) in [5.74, 6) is -1.00. The number of pyridine rings is 1. The highest BCUT2D eigenvalue weighted by atomic mass is 19.1. The Morgan fingerprint density at radius 1 is 1.61 bits per heavy atom. The minimum Gasteiger partial charge on any atom is -0.484 e. The third kappa shape index (κ3) is 3.11. The van der Waals surface area contributed by atoms with Gasteiger partial charge in [-0.3, -0.25) is 10.1 Å². The average Bonchev–Trinajstić information content (AvgIpc) is 2.37. The van der Waals surface area contributed by atoms with Gasteiger partial charge in [0.1, 0.15) is 18.9 Å². The third-order valence-electron chi connectivity index (χ3n) is 2.32. The molecule has 0 amide bonds. The lowest BCUT2D eigenvalue weighted by Crippen LogP contribution is -2.33. The Morgan fingerprint density at radius 2 is 2.44 bits per heavy atom. The van der Waals surface area contributed by atoms with Crippen LogP contribution in [0.5, 0.6) is 5.75 Å². The van der Waals surface area contributed by atoms with Crippen molar-refractivity contribution in [3.63, 3.8) is 0 Å². The second-order valence-electron chi connectivity index (χ2n) is 3.61. The van der Waals surface area contributed by atoms with E-state index in [0.29, 0.717) is 19.8 Å².